The zero-order valence-corrected chi connectivity index (χ0v) is 12.5. The number of rotatable bonds is 5. The largest absolute Gasteiger partial charge is 0.376 e. The lowest BCUT2D eigenvalue weighted by Gasteiger charge is -2.15. The summed E-state index contributed by atoms with van der Waals surface area (Å²) < 4.78 is 5.97. The number of ether oxygens (including phenoxy) is 1. The molecule has 1 aliphatic carbocycles. The molecular weight excluding hydrogens is 270 g/mol. The Morgan fingerprint density at radius 2 is 2.05 bits per heavy atom. The first-order valence-electron chi connectivity index (χ1n) is 7.47. The fraction of sp³-hybridized carbons (Fsp3) is 0.600. The van der Waals surface area contributed by atoms with E-state index in [0.717, 1.165) is 29.2 Å². The monoisotopic (exact) mass is 291 g/mol. The van der Waals surface area contributed by atoms with Crippen molar-refractivity contribution in [2.45, 2.75) is 44.6 Å². The second-order valence-corrected chi connectivity index (χ2v) is 6.17. The summed E-state index contributed by atoms with van der Waals surface area (Å²) in [6, 6.07) is 2.06. The summed E-state index contributed by atoms with van der Waals surface area (Å²) in [5.41, 5.74) is 0. The first-order valence-corrected chi connectivity index (χ1v) is 8.35. The lowest BCUT2D eigenvalue weighted by Crippen LogP contribution is -2.18. The molecule has 4 nitrogen and oxygen atoms in total. The summed E-state index contributed by atoms with van der Waals surface area (Å²) in [7, 11) is 0. The van der Waals surface area contributed by atoms with Gasteiger partial charge < -0.3 is 10.1 Å². The second-order valence-electron chi connectivity index (χ2n) is 5.27. The fourth-order valence-corrected chi connectivity index (χ4v) is 3.47. The minimum atomic E-state index is 0.464. The van der Waals surface area contributed by atoms with Crippen LogP contribution in [0.25, 0.3) is 10.2 Å². The van der Waals surface area contributed by atoms with E-state index in [1.54, 1.807) is 17.7 Å². The number of thiophene rings is 1. The van der Waals surface area contributed by atoms with Crippen molar-refractivity contribution in [1.82, 2.24) is 9.97 Å². The maximum absolute atomic E-state index is 5.97. The van der Waals surface area contributed by atoms with Gasteiger partial charge in [0.1, 0.15) is 17.0 Å². The van der Waals surface area contributed by atoms with Crippen molar-refractivity contribution in [1.29, 1.82) is 0 Å². The number of fused-ring (bicyclic) bond motifs is 1. The minimum Gasteiger partial charge on any atom is -0.376 e. The molecule has 0 spiro atoms. The van der Waals surface area contributed by atoms with Gasteiger partial charge in [-0.25, -0.2) is 9.97 Å². The molecular formula is C15H21N3OS. The number of anilines is 1. The lowest BCUT2D eigenvalue weighted by atomic mass is 10.1. The van der Waals surface area contributed by atoms with Gasteiger partial charge in [-0.15, -0.1) is 11.3 Å². The van der Waals surface area contributed by atoms with Crippen molar-refractivity contribution in [3.05, 3.63) is 17.8 Å². The Morgan fingerprint density at radius 1 is 1.20 bits per heavy atom. The Bertz CT molecular complexity index is 535. The van der Waals surface area contributed by atoms with Crippen LogP contribution in [0.15, 0.2) is 17.8 Å². The van der Waals surface area contributed by atoms with Crippen LogP contribution >= 0.6 is 11.3 Å². The molecule has 0 unspecified atom stereocenters. The van der Waals surface area contributed by atoms with E-state index in [2.05, 4.69) is 21.4 Å². The Labute approximate surface area is 123 Å². The van der Waals surface area contributed by atoms with E-state index in [1.165, 1.54) is 38.5 Å². The van der Waals surface area contributed by atoms with Crippen LogP contribution in [0.3, 0.4) is 0 Å². The highest BCUT2D eigenvalue weighted by molar-refractivity contribution is 7.16. The zero-order valence-electron chi connectivity index (χ0n) is 11.7. The van der Waals surface area contributed by atoms with Crippen LogP contribution in [0.5, 0.6) is 0 Å². The Morgan fingerprint density at radius 3 is 2.90 bits per heavy atom. The maximum atomic E-state index is 5.97. The summed E-state index contributed by atoms with van der Waals surface area (Å²) in [5.74, 6) is 0.917. The second kappa shape index (κ2) is 6.99. The van der Waals surface area contributed by atoms with Crippen molar-refractivity contribution in [2.24, 2.45) is 0 Å². The zero-order chi connectivity index (χ0) is 13.6. The van der Waals surface area contributed by atoms with Crippen LogP contribution in [0.1, 0.15) is 38.5 Å². The third-order valence-corrected chi connectivity index (χ3v) is 4.63. The van der Waals surface area contributed by atoms with Crippen LogP contribution < -0.4 is 5.32 Å². The number of hydrogen-bond donors (Lipinski definition) is 1. The molecule has 3 rings (SSSR count). The minimum absolute atomic E-state index is 0.464. The lowest BCUT2D eigenvalue weighted by molar-refractivity contribution is 0.0501. The highest BCUT2D eigenvalue weighted by Crippen LogP contribution is 2.23. The average Bonchev–Trinajstić information content (AvgIpc) is 2.81. The number of hydrogen-bond acceptors (Lipinski definition) is 5. The van der Waals surface area contributed by atoms with E-state index in [0.29, 0.717) is 6.10 Å². The molecule has 0 saturated heterocycles. The molecule has 0 aromatic carbocycles. The summed E-state index contributed by atoms with van der Waals surface area (Å²) in [4.78, 5) is 9.59. The maximum Gasteiger partial charge on any atom is 0.138 e. The molecule has 0 radical (unpaired) electrons. The molecule has 2 heterocycles. The van der Waals surface area contributed by atoms with Gasteiger partial charge >= 0.3 is 0 Å². The smallest absolute Gasteiger partial charge is 0.138 e. The summed E-state index contributed by atoms with van der Waals surface area (Å²) in [5, 5.41) is 6.51. The normalized spacial score (nSPS) is 17.2. The molecule has 1 saturated carbocycles. The van der Waals surface area contributed by atoms with Crippen molar-refractivity contribution in [2.75, 3.05) is 18.5 Å². The van der Waals surface area contributed by atoms with Crippen molar-refractivity contribution in [3.8, 4) is 0 Å². The Kier molecular flexibility index (Phi) is 4.82. The summed E-state index contributed by atoms with van der Waals surface area (Å²) in [6.45, 7) is 1.55. The van der Waals surface area contributed by atoms with Gasteiger partial charge in [0.25, 0.3) is 0 Å². The molecule has 108 valence electrons. The first-order chi connectivity index (χ1) is 9.93. The fourth-order valence-electron chi connectivity index (χ4n) is 2.73. The van der Waals surface area contributed by atoms with Gasteiger partial charge in [0.2, 0.25) is 0 Å². The van der Waals surface area contributed by atoms with E-state index in [-0.39, 0.29) is 0 Å². The molecule has 1 fully saturated rings. The van der Waals surface area contributed by atoms with Crippen LogP contribution in [0.4, 0.5) is 5.82 Å². The molecule has 5 heteroatoms. The highest BCUT2D eigenvalue weighted by Gasteiger charge is 2.12. The highest BCUT2D eigenvalue weighted by atomic mass is 32.1. The SMILES string of the molecule is c1nc(NCCOC2CCCCCC2)c2ccsc2n1. The summed E-state index contributed by atoms with van der Waals surface area (Å²) >= 11 is 1.64. The van der Waals surface area contributed by atoms with E-state index in [1.807, 2.05) is 5.38 Å². The predicted molar refractivity (Wildman–Crippen MR) is 83.3 cm³/mol. The molecule has 2 aromatic heterocycles. The van der Waals surface area contributed by atoms with E-state index in [4.69, 9.17) is 4.74 Å². The topological polar surface area (TPSA) is 47.0 Å². The van der Waals surface area contributed by atoms with Crippen LogP contribution in [-0.2, 0) is 4.74 Å². The Balaban J connectivity index is 1.46. The first kappa shape index (κ1) is 13.8. The van der Waals surface area contributed by atoms with Gasteiger partial charge in [-0.1, -0.05) is 25.7 Å². The van der Waals surface area contributed by atoms with Crippen LogP contribution in [-0.4, -0.2) is 29.2 Å². The van der Waals surface area contributed by atoms with Gasteiger partial charge in [0, 0.05) is 6.54 Å². The molecule has 0 amide bonds. The standard InChI is InChI=1S/C15H21N3OS/c1-2-4-6-12(5-3-1)19-9-8-16-14-13-7-10-20-15(13)18-11-17-14/h7,10-12H,1-6,8-9H2,(H,16,17,18). The van der Waals surface area contributed by atoms with E-state index >= 15 is 0 Å². The van der Waals surface area contributed by atoms with Gasteiger partial charge in [-0.05, 0) is 24.3 Å². The van der Waals surface area contributed by atoms with Crippen molar-refractivity contribution in [3.63, 3.8) is 0 Å². The quantitative estimate of drug-likeness (QED) is 0.671. The van der Waals surface area contributed by atoms with Gasteiger partial charge in [-0.2, -0.15) is 0 Å². The molecule has 0 bridgehead atoms. The summed E-state index contributed by atoms with van der Waals surface area (Å²) in [6.07, 6.45) is 9.91. The number of nitrogens with one attached hydrogen (secondary N) is 1. The van der Waals surface area contributed by atoms with E-state index < -0.39 is 0 Å². The Hall–Kier alpha value is -1.20. The molecule has 20 heavy (non-hydrogen) atoms. The van der Waals surface area contributed by atoms with Crippen LogP contribution in [0.2, 0.25) is 0 Å². The van der Waals surface area contributed by atoms with Crippen LogP contribution in [0, 0.1) is 0 Å². The van der Waals surface area contributed by atoms with E-state index in [9.17, 15) is 0 Å². The third kappa shape index (κ3) is 3.46. The number of nitrogens with zero attached hydrogens (tertiary/aromatic N) is 2. The number of aromatic nitrogens is 2. The molecule has 1 N–H and O–H groups in total. The molecule has 2 aromatic rings. The van der Waals surface area contributed by atoms with Crippen molar-refractivity contribution < 1.29 is 4.74 Å². The molecule has 0 atom stereocenters. The molecule has 0 aliphatic heterocycles. The van der Waals surface area contributed by atoms with Gasteiger partial charge in [-0.3, -0.25) is 0 Å². The third-order valence-electron chi connectivity index (χ3n) is 3.81. The van der Waals surface area contributed by atoms with Gasteiger partial charge in [0.15, 0.2) is 0 Å². The molecule has 1 aliphatic rings. The average molecular weight is 291 g/mol. The van der Waals surface area contributed by atoms with Crippen molar-refractivity contribution >= 4 is 27.4 Å². The van der Waals surface area contributed by atoms with Gasteiger partial charge in [0.05, 0.1) is 18.1 Å². The predicted octanol–water partition coefficient (Wildman–Crippen LogP) is 3.84.